The lowest BCUT2D eigenvalue weighted by atomic mass is 9.99. The summed E-state index contributed by atoms with van der Waals surface area (Å²) < 4.78 is 0. The summed E-state index contributed by atoms with van der Waals surface area (Å²) in [5, 5.41) is 6.96. The molecule has 2 heterocycles. The van der Waals surface area contributed by atoms with Gasteiger partial charge in [-0.2, -0.15) is 0 Å². The smallest absolute Gasteiger partial charge is 0.0964 e. The fourth-order valence-corrected chi connectivity index (χ4v) is 3.96. The molecule has 2 nitrogen and oxygen atoms in total. The first-order valence-corrected chi connectivity index (χ1v) is 8.86. The zero-order valence-corrected chi connectivity index (χ0v) is 13.7. The van der Waals surface area contributed by atoms with Gasteiger partial charge in [-0.15, -0.1) is 11.3 Å². The molecule has 1 aromatic carbocycles. The molecule has 1 aromatic heterocycles. The van der Waals surface area contributed by atoms with Gasteiger partial charge in [-0.25, -0.2) is 4.98 Å². The van der Waals surface area contributed by atoms with Crippen LogP contribution in [0.5, 0.6) is 0 Å². The summed E-state index contributed by atoms with van der Waals surface area (Å²) in [5.41, 5.74) is 3.81. The van der Waals surface area contributed by atoms with Gasteiger partial charge in [0.05, 0.1) is 10.7 Å². The van der Waals surface area contributed by atoms with Gasteiger partial charge in [0.2, 0.25) is 0 Å². The minimum Gasteiger partial charge on any atom is -0.317 e. The lowest BCUT2D eigenvalue weighted by Crippen LogP contribution is -2.26. The largest absolute Gasteiger partial charge is 0.317 e. The maximum atomic E-state index is 4.89. The first-order valence-electron chi connectivity index (χ1n) is 7.98. The third kappa shape index (κ3) is 3.72. The van der Waals surface area contributed by atoms with Crippen LogP contribution in [0.25, 0.3) is 11.3 Å². The molecule has 112 valence electrons. The number of hydrogen-bond donors (Lipinski definition) is 1. The van der Waals surface area contributed by atoms with Crippen LogP contribution in [-0.2, 0) is 6.42 Å². The highest BCUT2D eigenvalue weighted by atomic mass is 32.1. The average Bonchev–Trinajstić information content (AvgIpc) is 2.98. The Morgan fingerprint density at radius 3 is 2.57 bits per heavy atom. The van der Waals surface area contributed by atoms with E-state index in [4.69, 9.17) is 4.98 Å². The van der Waals surface area contributed by atoms with Crippen LogP contribution in [0.4, 0.5) is 0 Å². The maximum absolute atomic E-state index is 4.89. The molecule has 3 rings (SSSR count). The molecule has 21 heavy (non-hydrogen) atoms. The number of rotatable bonds is 4. The van der Waals surface area contributed by atoms with Gasteiger partial charge in [0, 0.05) is 16.9 Å². The highest BCUT2D eigenvalue weighted by Crippen LogP contribution is 2.31. The summed E-state index contributed by atoms with van der Waals surface area (Å²) in [6.07, 6.45) is 3.60. The fourth-order valence-electron chi connectivity index (χ4n) is 2.96. The number of thiazole rings is 1. The van der Waals surface area contributed by atoms with E-state index in [1.807, 2.05) is 11.3 Å². The highest BCUT2D eigenvalue weighted by Gasteiger charge is 2.18. The summed E-state index contributed by atoms with van der Waals surface area (Å²) in [5.74, 6) is 1.37. The quantitative estimate of drug-likeness (QED) is 0.900. The summed E-state index contributed by atoms with van der Waals surface area (Å²) in [6.45, 7) is 6.78. The molecule has 0 unspecified atom stereocenters. The van der Waals surface area contributed by atoms with E-state index in [9.17, 15) is 0 Å². The number of hydrogen-bond acceptors (Lipinski definition) is 3. The minimum absolute atomic E-state index is 0.658. The van der Waals surface area contributed by atoms with Crippen molar-refractivity contribution in [1.29, 1.82) is 0 Å². The van der Waals surface area contributed by atoms with E-state index in [0.717, 1.165) is 25.2 Å². The molecular formula is C18H24N2S. The molecular weight excluding hydrogens is 276 g/mol. The normalized spacial score (nSPS) is 16.5. The Labute approximate surface area is 131 Å². The highest BCUT2D eigenvalue weighted by molar-refractivity contribution is 7.10. The van der Waals surface area contributed by atoms with E-state index in [2.05, 4.69) is 48.8 Å². The van der Waals surface area contributed by atoms with E-state index in [1.165, 1.54) is 29.0 Å². The van der Waals surface area contributed by atoms with Gasteiger partial charge in [-0.3, -0.25) is 0 Å². The Kier molecular flexibility index (Phi) is 4.71. The molecule has 1 N–H and O–H groups in total. The van der Waals surface area contributed by atoms with Crippen molar-refractivity contribution in [3.8, 4) is 11.3 Å². The molecule has 0 radical (unpaired) electrons. The monoisotopic (exact) mass is 300 g/mol. The van der Waals surface area contributed by atoms with Gasteiger partial charge in [0.1, 0.15) is 0 Å². The second-order valence-corrected chi connectivity index (χ2v) is 7.28. The number of nitrogens with zero attached hydrogens (tertiary/aromatic N) is 1. The minimum atomic E-state index is 0.658. The molecule has 0 saturated carbocycles. The van der Waals surface area contributed by atoms with Crippen molar-refractivity contribution in [2.24, 2.45) is 5.92 Å². The first kappa shape index (κ1) is 14.7. The van der Waals surface area contributed by atoms with Gasteiger partial charge in [0.25, 0.3) is 0 Å². The predicted molar refractivity (Wildman–Crippen MR) is 90.9 cm³/mol. The van der Waals surface area contributed by atoms with Gasteiger partial charge in [-0.05, 0) is 43.8 Å². The number of benzene rings is 1. The first-order chi connectivity index (χ1) is 10.2. The molecule has 0 atom stereocenters. The summed E-state index contributed by atoms with van der Waals surface area (Å²) in [7, 11) is 0. The number of aromatic nitrogens is 1. The van der Waals surface area contributed by atoms with Crippen LogP contribution in [0, 0.1) is 5.92 Å². The summed E-state index contributed by atoms with van der Waals surface area (Å²) >= 11 is 1.83. The van der Waals surface area contributed by atoms with Gasteiger partial charge in [0.15, 0.2) is 0 Å². The van der Waals surface area contributed by atoms with Crippen LogP contribution < -0.4 is 5.32 Å². The Morgan fingerprint density at radius 2 is 1.90 bits per heavy atom. The average molecular weight is 300 g/mol. The summed E-state index contributed by atoms with van der Waals surface area (Å²) in [6, 6.07) is 8.94. The van der Waals surface area contributed by atoms with Crippen LogP contribution in [0.3, 0.4) is 0 Å². The van der Waals surface area contributed by atoms with Crippen molar-refractivity contribution in [2.75, 3.05) is 13.1 Å². The van der Waals surface area contributed by atoms with Crippen molar-refractivity contribution in [1.82, 2.24) is 10.3 Å². The molecule has 0 spiro atoms. The van der Waals surface area contributed by atoms with Crippen LogP contribution >= 0.6 is 11.3 Å². The molecule has 3 heteroatoms. The Hall–Kier alpha value is -1.19. The number of piperidine rings is 1. The Bertz CT molecular complexity index is 565. The van der Waals surface area contributed by atoms with E-state index in [1.54, 1.807) is 0 Å². The maximum Gasteiger partial charge on any atom is 0.0964 e. The molecule has 1 aliphatic heterocycles. The second-order valence-electron chi connectivity index (χ2n) is 6.39. The van der Waals surface area contributed by atoms with Crippen molar-refractivity contribution in [3.63, 3.8) is 0 Å². The van der Waals surface area contributed by atoms with Crippen molar-refractivity contribution < 1.29 is 0 Å². The third-order valence-electron chi connectivity index (χ3n) is 4.10. The van der Waals surface area contributed by atoms with Crippen LogP contribution in [0.2, 0.25) is 0 Å². The van der Waals surface area contributed by atoms with Crippen LogP contribution in [-0.4, -0.2) is 18.1 Å². The lowest BCUT2D eigenvalue weighted by Gasteiger charge is -2.20. The molecule has 0 aliphatic carbocycles. The SMILES string of the molecule is CC(C)Cc1ccc(-c2csc(C3CCNCC3)n2)cc1. The molecule has 0 amide bonds. The topological polar surface area (TPSA) is 24.9 Å². The van der Waals surface area contributed by atoms with Crippen molar-refractivity contribution in [3.05, 3.63) is 40.2 Å². The Balaban J connectivity index is 1.73. The van der Waals surface area contributed by atoms with Gasteiger partial charge < -0.3 is 5.32 Å². The molecule has 0 bridgehead atoms. The van der Waals surface area contributed by atoms with E-state index in [0.29, 0.717) is 11.8 Å². The molecule has 1 saturated heterocycles. The van der Waals surface area contributed by atoms with Gasteiger partial charge in [-0.1, -0.05) is 38.1 Å². The molecule has 1 fully saturated rings. The zero-order valence-electron chi connectivity index (χ0n) is 12.9. The molecule has 1 aliphatic rings. The van der Waals surface area contributed by atoms with E-state index in [-0.39, 0.29) is 0 Å². The second kappa shape index (κ2) is 6.71. The standard InChI is InChI=1S/C18H24N2S/c1-13(2)11-14-3-5-15(6-4-14)17-12-21-18(20-17)16-7-9-19-10-8-16/h3-6,12-13,16,19H,7-11H2,1-2H3. The predicted octanol–water partition coefficient (Wildman–Crippen LogP) is 4.48. The zero-order chi connectivity index (χ0) is 14.7. The third-order valence-corrected chi connectivity index (χ3v) is 5.11. The van der Waals surface area contributed by atoms with Crippen LogP contribution in [0.1, 0.15) is 43.2 Å². The van der Waals surface area contributed by atoms with E-state index < -0.39 is 0 Å². The van der Waals surface area contributed by atoms with Crippen molar-refractivity contribution >= 4 is 11.3 Å². The van der Waals surface area contributed by atoms with Crippen molar-refractivity contribution in [2.45, 2.75) is 39.0 Å². The molecule has 2 aromatic rings. The van der Waals surface area contributed by atoms with Gasteiger partial charge >= 0.3 is 0 Å². The Morgan fingerprint density at radius 1 is 1.19 bits per heavy atom. The van der Waals surface area contributed by atoms with E-state index >= 15 is 0 Å². The lowest BCUT2D eigenvalue weighted by molar-refractivity contribution is 0.459. The summed E-state index contributed by atoms with van der Waals surface area (Å²) in [4.78, 5) is 4.89. The van der Waals surface area contributed by atoms with Crippen LogP contribution in [0.15, 0.2) is 29.6 Å². The fraction of sp³-hybridized carbons (Fsp3) is 0.500. The number of nitrogens with one attached hydrogen (secondary N) is 1.